The van der Waals surface area contributed by atoms with Gasteiger partial charge in [-0.25, -0.2) is 4.39 Å². The maximum Gasteiger partial charge on any atom is 0.254 e. The Bertz CT molecular complexity index is 448. The van der Waals surface area contributed by atoms with Gasteiger partial charge in [-0.15, -0.1) is 0 Å². The van der Waals surface area contributed by atoms with Gasteiger partial charge in [0.15, 0.2) is 5.78 Å². The van der Waals surface area contributed by atoms with E-state index >= 15 is 0 Å². The van der Waals surface area contributed by atoms with Crippen LogP contribution in [0.1, 0.15) is 30.6 Å². The standard InChI is InChI=1S/C12H13BrFNO2/c1-3-11(16)7(2)15-12(17)9-6-8(13)4-5-10(9)14/h4-7H,3H2,1-2H3,(H,15,17). The SMILES string of the molecule is CCC(=O)C(C)NC(=O)c1cc(Br)ccc1F. The van der Waals surface area contributed by atoms with Crippen LogP contribution in [0.15, 0.2) is 22.7 Å². The average molecular weight is 302 g/mol. The minimum atomic E-state index is -0.609. The zero-order chi connectivity index (χ0) is 13.0. The first kappa shape index (κ1) is 13.8. The van der Waals surface area contributed by atoms with Gasteiger partial charge in [0.2, 0.25) is 0 Å². The van der Waals surface area contributed by atoms with E-state index < -0.39 is 17.8 Å². The second-order valence-corrected chi connectivity index (χ2v) is 4.55. The van der Waals surface area contributed by atoms with E-state index in [0.29, 0.717) is 10.9 Å². The van der Waals surface area contributed by atoms with Crippen molar-refractivity contribution in [1.82, 2.24) is 5.32 Å². The van der Waals surface area contributed by atoms with Gasteiger partial charge in [-0.05, 0) is 25.1 Å². The van der Waals surface area contributed by atoms with E-state index in [1.54, 1.807) is 13.8 Å². The van der Waals surface area contributed by atoms with Crippen molar-refractivity contribution in [1.29, 1.82) is 0 Å². The van der Waals surface area contributed by atoms with Crippen LogP contribution in [0.5, 0.6) is 0 Å². The fraction of sp³-hybridized carbons (Fsp3) is 0.333. The third kappa shape index (κ3) is 3.63. The minimum absolute atomic E-state index is 0.0740. The van der Waals surface area contributed by atoms with Crippen molar-refractivity contribution in [2.75, 3.05) is 0 Å². The minimum Gasteiger partial charge on any atom is -0.342 e. The fourth-order valence-electron chi connectivity index (χ4n) is 1.33. The summed E-state index contributed by atoms with van der Waals surface area (Å²) in [4.78, 5) is 23.0. The van der Waals surface area contributed by atoms with Crippen LogP contribution in [0.2, 0.25) is 0 Å². The predicted octanol–water partition coefficient (Wildman–Crippen LogP) is 2.69. The van der Waals surface area contributed by atoms with Crippen molar-refractivity contribution < 1.29 is 14.0 Å². The highest BCUT2D eigenvalue weighted by molar-refractivity contribution is 9.10. The van der Waals surface area contributed by atoms with Crippen molar-refractivity contribution in [2.24, 2.45) is 0 Å². The summed E-state index contributed by atoms with van der Waals surface area (Å²) < 4.78 is 14.0. The molecule has 1 rings (SSSR count). The highest BCUT2D eigenvalue weighted by Crippen LogP contribution is 2.15. The van der Waals surface area contributed by atoms with Gasteiger partial charge < -0.3 is 5.32 Å². The Morgan fingerprint density at radius 1 is 1.47 bits per heavy atom. The summed E-state index contributed by atoms with van der Waals surface area (Å²) in [6, 6.07) is 3.48. The molecule has 0 radical (unpaired) electrons. The molecule has 0 spiro atoms. The molecule has 0 aliphatic rings. The number of nitrogens with one attached hydrogen (secondary N) is 1. The third-order valence-electron chi connectivity index (χ3n) is 2.35. The van der Waals surface area contributed by atoms with Crippen LogP contribution >= 0.6 is 15.9 Å². The number of carbonyl (C=O) groups excluding carboxylic acids is 2. The molecule has 3 nitrogen and oxygen atoms in total. The lowest BCUT2D eigenvalue weighted by Crippen LogP contribution is -2.38. The number of carbonyl (C=O) groups is 2. The summed E-state index contributed by atoms with van der Waals surface area (Å²) in [6.45, 7) is 3.30. The lowest BCUT2D eigenvalue weighted by Gasteiger charge is -2.12. The van der Waals surface area contributed by atoms with E-state index in [0.717, 1.165) is 0 Å². The third-order valence-corrected chi connectivity index (χ3v) is 2.85. The number of rotatable bonds is 4. The van der Waals surface area contributed by atoms with Gasteiger partial charge >= 0.3 is 0 Å². The predicted molar refractivity (Wildman–Crippen MR) is 66.3 cm³/mol. The zero-order valence-corrected chi connectivity index (χ0v) is 11.2. The Labute approximate surface area is 108 Å². The van der Waals surface area contributed by atoms with Crippen LogP contribution in [0.3, 0.4) is 0 Å². The molecule has 0 saturated carbocycles. The summed E-state index contributed by atoms with van der Waals surface area (Å²) in [6.07, 6.45) is 0.336. The number of amides is 1. The molecule has 1 atom stereocenters. The number of benzene rings is 1. The van der Waals surface area contributed by atoms with E-state index in [-0.39, 0.29) is 11.3 Å². The second-order valence-electron chi connectivity index (χ2n) is 3.64. The summed E-state index contributed by atoms with van der Waals surface area (Å²) in [5.74, 6) is -1.28. The van der Waals surface area contributed by atoms with E-state index in [1.807, 2.05) is 0 Å². The molecule has 0 aromatic heterocycles. The van der Waals surface area contributed by atoms with Crippen molar-refractivity contribution in [3.63, 3.8) is 0 Å². The molecule has 0 fully saturated rings. The molecule has 1 amide bonds. The van der Waals surface area contributed by atoms with Crippen LogP contribution in [0, 0.1) is 5.82 Å². The topological polar surface area (TPSA) is 46.2 Å². The monoisotopic (exact) mass is 301 g/mol. The van der Waals surface area contributed by atoms with Crippen LogP contribution in [-0.2, 0) is 4.79 Å². The highest BCUT2D eigenvalue weighted by Gasteiger charge is 2.17. The maximum absolute atomic E-state index is 13.4. The van der Waals surface area contributed by atoms with Gasteiger partial charge in [0.05, 0.1) is 11.6 Å². The summed E-state index contributed by atoms with van der Waals surface area (Å²) in [5, 5.41) is 2.47. The van der Waals surface area contributed by atoms with E-state index in [2.05, 4.69) is 21.2 Å². The molecule has 1 aromatic carbocycles. The van der Waals surface area contributed by atoms with Crippen LogP contribution in [0.25, 0.3) is 0 Å². The quantitative estimate of drug-likeness (QED) is 0.929. The van der Waals surface area contributed by atoms with Crippen molar-refractivity contribution >= 4 is 27.6 Å². The summed E-state index contributed by atoms with van der Waals surface area (Å²) >= 11 is 3.16. The van der Waals surface area contributed by atoms with Crippen LogP contribution in [0.4, 0.5) is 4.39 Å². The van der Waals surface area contributed by atoms with Gasteiger partial charge in [0, 0.05) is 10.9 Å². The maximum atomic E-state index is 13.4. The Kier molecular flexibility index (Phi) is 4.81. The molecule has 1 aromatic rings. The van der Waals surface area contributed by atoms with Gasteiger partial charge in [-0.1, -0.05) is 22.9 Å². The molecule has 0 bridgehead atoms. The molecule has 0 aliphatic heterocycles. The molecule has 0 aliphatic carbocycles. The van der Waals surface area contributed by atoms with Gasteiger partial charge in [0.1, 0.15) is 5.82 Å². The molecule has 92 valence electrons. The number of hydrogen-bond donors (Lipinski definition) is 1. The van der Waals surface area contributed by atoms with E-state index in [9.17, 15) is 14.0 Å². The molecule has 1 N–H and O–H groups in total. The van der Waals surface area contributed by atoms with Gasteiger partial charge in [-0.3, -0.25) is 9.59 Å². The van der Waals surface area contributed by atoms with Crippen molar-refractivity contribution in [3.05, 3.63) is 34.1 Å². The first-order chi connectivity index (χ1) is 7.95. The Morgan fingerprint density at radius 2 is 2.12 bits per heavy atom. The highest BCUT2D eigenvalue weighted by atomic mass is 79.9. The summed E-state index contributed by atoms with van der Waals surface area (Å²) in [7, 11) is 0. The Morgan fingerprint density at radius 3 is 2.71 bits per heavy atom. The first-order valence-corrected chi connectivity index (χ1v) is 6.03. The lowest BCUT2D eigenvalue weighted by molar-refractivity contribution is -0.120. The molecule has 5 heteroatoms. The van der Waals surface area contributed by atoms with Gasteiger partial charge in [-0.2, -0.15) is 0 Å². The largest absolute Gasteiger partial charge is 0.342 e. The average Bonchev–Trinajstić information content (AvgIpc) is 2.30. The lowest BCUT2D eigenvalue weighted by atomic mass is 10.1. The molecular formula is C12H13BrFNO2. The Balaban J connectivity index is 2.83. The Hall–Kier alpha value is -1.23. The first-order valence-electron chi connectivity index (χ1n) is 5.24. The summed E-state index contributed by atoms with van der Waals surface area (Å²) in [5.41, 5.74) is -0.0740. The van der Waals surface area contributed by atoms with Crippen molar-refractivity contribution in [2.45, 2.75) is 26.3 Å². The molecular weight excluding hydrogens is 289 g/mol. The number of halogens is 2. The molecule has 0 heterocycles. The fourth-order valence-corrected chi connectivity index (χ4v) is 1.69. The number of Topliss-reactive ketones (excluding diaryl/α,β-unsaturated/α-hetero) is 1. The smallest absolute Gasteiger partial charge is 0.254 e. The normalized spacial score (nSPS) is 12.0. The van der Waals surface area contributed by atoms with Crippen LogP contribution < -0.4 is 5.32 Å². The molecule has 0 saturated heterocycles. The van der Waals surface area contributed by atoms with Crippen molar-refractivity contribution in [3.8, 4) is 0 Å². The van der Waals surface area contributed by atoms with Gasteiger partial charge in [0.25, 0.3) is 5.91 Å². The van der Waals surface area contributed by atoms with Crippen LogP contribution in [-0.4, -0.2) is 17.7 Å². The second kappa shape index (κ2) is 5.91. The zero-order valence-electron chi connectivity index (χ0n) is 9.59. The van der Waals surface area contributed by atoms with E-state index in [4.69, 9.17) is 0 Å². The number of hydrogen-bond acceptors (Lipinski definition) is 2. The number of ketones is 1. The van der Waals surface area contributed by atoms with E-state index in [1.165, 1.54) is 18.2 Å². The molecule has 17 heavy (non-hydrogen) atoms. The molecule has 1 unspecified atom stereocenters.